The highest BCUT2D eigenvalue weighted by Crippen LogP contribution is 2.36. The third kappa shape index (κ3) is 3.35. The number of pyridine rings is 1. The fourth-order valence-corrected chi connectivity index (χ4v) is 4.06. The number of carbonyl (C=O) groups is 2. The summed E-state index contributed by atoms with van der Waals surface area (Å²) in [6, 6.07) is 5.79. The summed E-state index contributed by atoms with van der Waals surface area (Å²) in [6.07, 6.45) is 2.90. The molecule has 0 aliphatic carbocycles. The fraction of sp³-hybridized carbons (Fsp3) is 0.316. The number of nitrogens with zero attached hydrogens (tertiary/aromatic N) is 2. The number of nitrogens with one attached hydrogen (secondary N) is 1. The highest BCUT2D eigenvalue weighted by atomic mass is 32.1. The average Bonchev–Trinajstić information content (AvgIpc) is 3.21. The number of esters is 1. The lowest BCUT2D eigenvalue weighted by atomic mass is 10.1. The van der Waals surface area contributed by atoms with Gasteiger partial charge in [0.2, 0.25) is 0 Å². The summed E-state index contributed by atoms with van der Waals surface area (Å²) in [5, 5.41) is 3.58. The maximum absolute atomic E-state index is 12.8. The van der Waals surface area contributed by atoms with E-state index in [-0.39, 0.29) is 5.91 Å². The van der Waals surface area contributed by atoms with Crippen LogP contribution in [0.1, 0.15) is 34.8 Å². The van der Waals surface area contributed by atoms with E-state index in [4.69, 9.17) is 4.74 Å². The number of hydrogen-bond donors (Lipinski definition) is 1. The second-order valence-corrected chi connectivity index (χ2v) is 7.07. The summed E-state index contributed by atoms with van der Waals surface area (Å²) < 4.78 is 7.29. The number of thiophene rings is 1. The zero-order chi connectivity index (χ0) is 18.8. The second kappa shape index (κ2) is 7.29. The number of aromatic nitrogens is 2. The normalized spacial score (nSPS) is 12.2. The van der Waals surface area contributed by atoms with Crippen LogP contribution in [0.25, 0.3) is 15.9 Å². The first-order valence-electron chi connectivity index (χ1n) is 8.45. The molecule has 1 atom stereocenters. The molecular weight excluding hydrogens is 350 g/mol. The van der Waals surface area contributed by atoms with Gasteiger partial charge in [-0.25, -0.2) is 9.78 Å². The Morgan fingerprint density at radius 1 is 1.31 bits per heavy atom. The van der Waals surface area contributed by atoms with Gasteiger partial charge in [-0.1, -0.05) is 0 Å². The van der Waals surface area contributed by atoms with Crippen molar-refractivity contribution >= 4 is 33.4 Å². The SMILES string of the molecule is CCNC(=O)C(C)OC(=O)c1sc2nc(C)cc(C)c2c1-n1cccc1. The maximum Gasteiger partial charge on any atom is 0.351 e. The van der Waals surface area contributed by atoms with Crippen LogP contribution in [-0.4, -0.2) is 34.1 Å². The van der Waals surface area contributed by atoms with Gasteiger partial charge in [-0.2, -0.15) is 0 Å². The fourth-order valence-electron chi connectivity index (χ4n) is 2.88. The zero-order valence-corrected chi connectivity index (χ0v) is 16.0. The van der Waals surface area contributed by atoms with Crippen molar-refractivity contribution in [2.75, 3.05) is 6.54 Å². The molecule has 6 nitrogen and oxygen atoms in total. The predicted molar refractivity (Wildman–Crippen MR) is 102 cm³/mol. The van der Waals surface area contributed by atoms with Crippen molar-refractivity contribution in [2.45, 2.75) is 33.8 Å². The lowest BCUT2D eigenvalue weighted by Crippen LogP contribution is -2.35. The number of rotatable bonds is 5. The van der Waals surface area contributed by atoms with Gasteiger partial charge in [-0.05, 0) is 51.5 Å². The first kappa shape index (κ1) is 18.1. The van der Waals surface area contributed by atoms with Crippen LogP contribution in [0.2, 0.25) is 0 Å². The molecule has 1 N–H and O–H groups in total. The Labute approximate surface area is 155 Å². The Balaban J connectivity index is 2.08. The van der Waals surface area contributed by atoms with Crippen LogP contribution in [-0.2, 0) is 9.53 Å². The first-order chi connectivity index (χ1) is 12.4. The number of likely N-dealkylation sites (N-methyl/N-ethyl adjacent to an activating group) is 1. The molecule has 0 fully saturated rings. The van der Waals surface area contributed by atoms with Crippen molar-refractivity contribution in [1.82, 2.24) is 14.9 Å². The van der Waals surface area contributed by atoms with Crippen LogP contribution in [0.4, 0.5) is 0 Å². The number of fused-ring (bicyclic) bond motifs is 1. The Morgan fingerprint density at radius 2 is 2.00 bits per heavy atom. The quantitative estimate of drug-likeness (QED) is 0.698. The van der Waals surface area contributed by atoms with Crippen molar-refractivity contribution in [3.63, 3.8) is 0 Å². The van der Waals surface area contributed by atoms with Gasteiger partial charge in [0.15, 0.2) is 6.10 Å². The third-order valence-electron chi connectivity index (χ3n) is 4.01. The first-order valence-corrected chi connectivity index (χ1v) is 9.26. The topological polar surface area (TPSA) is 73.2 Å². The Bertz CT molecular complexity index is 960. The molecule has 1 amide bonds. The Kier molecular flexibility index (Phi) is 5.08. The van der Waals surface area contributed by atoms with Gasteiger partial charge < -0.3 is 14.6 Å². The van der Waals surface area contributed by atoms with Crippen molar-refractivity contribution in [3.05, 3.63) is 46.7 Å². The lowest BCUT2D eigenvalue weighted by molar-refractivity contribution is -0.128. The van der Waals surface area contributed by atoms with Gasteiger partial charge in [-0.15, -0.1) is 11.3 Å². The second-order valence-electron chi connectivity index (χ2n) is 6.07. The van der Waals surface area contributed by atoms with Crippen LogP contribution < -0.4 is 5.32 Å². The molecule has 3 aromatic heterocycles. The Morgan fingerprint density at radius 3 is 2.65 bits per heavy atom. The minimum Gasteiger partial charge on any atom is -0.448 e. The number of aryl methyl sites for hydroxylation is 2. The molecule has 0 aromatic carbocycles. The van der Waals surface area contributed by atoms with Crippen molar-refractivity contribution in [3.8, 4) is 5.69 Å². The maximum atomic E-state index is 12.8. The average molecular weight is 371 g/mol. The van der Waals surface area contributed by atoms with E-state index in [1.165, 1.54) is 11.3 Å². The standard InChI is InChI=1S/C19H21N3O3S/c1-5-20-17(23)13(4)25-19(24)16-15(22-8-6-7-9-22)14-11(2)10-12(3)21-18(14)26-16/h6-10,13H,5H2,1-4H3,(H,20,23). The number of amides is 1. The molecule has 0 spiro atoms. The van der Waals surface area contributed by atoms with E-state index in [2.05, 4.69) is 10.3 Å². The largest absolute Gasteiger partial charge is 0.448 e. The van der Waals surface area contributed by atoms with Gasteiger partial charge in [0.1, 0.15) is 9.71 Å². The van der Waals surface area contributed by atoms with Crippen LogP contribution in [0.3, 0.4) is 0 Å². The van der Waals surface area contributed by atoms with Gasteiger partial charge in [0.05, 0.1) is 5.69 Å². The monoisotopic (exact) mass is 371 g/mol. The molecule has 0 aliphatic rings. The molecule has 3 aromatic rings. The molecule has 0 aliphatic heterocycles. The van der Waals surface area contributed by atoms with Crippen LogP contribution in [0, 0.1) is 13.8 Å². The molecular formula is C19H21N3O3S. The van der Waals surface area contributed by atoms with Crippen molar-refractivity contribution in [1.29, 1.82) is 0 Å². The summed E-state index contributed by atoms with van der Waals surface area (Å²) in [5.41, 5.74) is 2.68. The summed E-state index contributed by atoms with van der Waals surface area (Å²) >= 11 is 1.29. The lowest BCUT2D eigenvalue weighted by Gasteiger charge is -2.13. The van der Waals surface area contributed by atoms with Gasteiger partial charge in [0.25, 0.3) is 5.91 Å². The van der Waals surface area contributed by atoms with E-state index < -0.39 is 12.1 Å². The number of carbonyl (C=O) groups excluding carboxylic acids is 2. The van der Waals surface area contributed by atoms with E-state index >= 15 is 0 Å². The molecule has 0 radical (unpaired) electrons. The highest BCUT2D eigenvalue weighted by Gasteiger charge is 2.26. The number of ether oxygens (including phenoxy) is 1. The highest BCUT2D eigenvalue weighted by molar-refractivity contribution is 7.21. The van der Waals surface area contributed by atoms with E-state index in [1.54, 1.807) is 6.92 Å². The van der Waals surface area contributed by atoms with Gasteiger partial charge >= 0.3 is 5.97 Å². The number of hydrogen-bond acceptors (Lipinski definition) is 5. The van der Waals surface area contributed by atoms with E-state index in [0.29, 0.717) is 11.4 Å². The molecule has 7 heteroatoms. The van der Waals surface area contributed by atoms with Gasteiger partial charge in [0, 0.05) is 30.0 Å². The van der Waals surface area contributed by atoms with Crippen molar-refractivity contribution < 1.29 is 14.3 Å². The molecule has 136 valence electrons. The van der Waals surface area contributed by atoms with Gasteiger partial charge in [-0.3, -0.25) is 4.79 Å². The van der Waals surface area contributed by atoms with Crippen molar-refractivity contribution in [2.24, 2.45) is 0 Å². The molecule has 26 heavy (non-hydrogen) atoms. The summed E-state index contributed by atoms with van der Waals surface area (Å²) in [4.78, 5) is 30.5. The molecule has 0 saturated heterocycles. The van der Waals surface area contributed by atoms with E-state index in [9.17, 15) is 9.59 Å². The minimum absolute atomic E-state index is 0.311. The van der Waals surface area contributed by atoms with Crippen LogP contribution in [0.5, 0.6) is 0 Å². The smallest absolute Gasteiger partial charge is 0.351 e. The molecule has 3 rings (SSSR count). The van der Waals surface area contributed by atoms with Crippen LogP contribution >= 0.6 is 11.3 Å². The molecule has 3 heterocycles. The van der Waals surface area contributed by atoms with E-state index in [0.717, 1.165) is 27.2 Å². The molecule has 1 unspecified atom stereocenters. The summed E-state index contributed by atoms with van der Waals surface area (Å²) in [6.45, 7) is 7.80. The molecule has 0 saturated carbocycles. The van der Waals surface area contributed by atoms with E-state index in [1.807, 2.05) is 55.9 Å². The summed E-state index contributed by atoms with van der Waals surface area (Å²) in [7, 11) is 0. The van der Waals surface area contributed by atoms with Crippen LogP contribution in [0.15, 0.2) is 30.6 Å². The predicted octanol–water partition coefficient (Wildman–Crippen LogP) is 3.39. The third-order valence-corrected chi connectivity index (χ3v) is 5.07. The summed E-state index contributed by atoms with van der Waals surface area (Å²) in [5.74, 6) is -0.831. The Hall–Kier alpha value is -2.67. The zero-order valence-electron chi connectivity index (χ0n) is 15.2. The minimum atomic E-state index is -0.860. The molecule has 0 bridgehead atoms.